The largest absolute Gasteiger partial charge is 0.476 e. The molecule has 0 aliphatic rings. The van der Waals surface area contributed by atoms with Crippen molar-refractivity contribution >= 4 is 11.8 Å². The number of ether oxygens (including phenoxy) is 1. The zero-order valence-electron chi connectivity index (χ0n) is 9.64. The van der Waals surface area contributed by atoms with Crippen LogP contribution in [-0.2, 0) is 4.74 Å². The number of aromatic nitrogens is 2. The number of aromatic carboxylic acids is 1. The van der Waals surface area contributed by atoms with Gasteiger partial charge in [0.25, 0.3) is 0 Å². The average Bonchev–Trinajstić information content (AvgIpc) is 2.29. The monoisotopic (exact) mass is 237 g/mol. The maximum Gasteiger partial charge on any atom is 0.356 e. The summed E-state index contributed by atoms with van der Waals surface area (Å²) in [5.74, 6) is -0.567. The molecule has 0 radical (unpaired) electrons. The molecule has 6 heteroatoms. The minimum Gasteiger partial charge on any atom is -0.476 e. The number of anilines is 1. The number of nitrogens with one attached hydrogen (secondary N) is 1. The fourth-order valence-electron chi connectivity index (χ4n) is 1.03. The maximum absolute atomic E-state index is 10.5. The van der Waals surface area contributed by atoms with Gasteiger partial charge in [-0.3, -0.25) is 0 Å². The summed E-state index contributed by atoms with van der Waals surface area (Å²) in [6, 6.07) is 0. The fraction of sp³-hybridized carbons (Fsp3) is 0.364. The number of carboxylic acids is 1. The highest BCUT2D eigenvalue weighted by molar-refractivity contribution is 5.84. The van der Waals surface area contributed by atoms with E-state index in [0.717, 1.165) is 5.57 Å². The summed E-state index contributed by atoms with van der Waals surface area (Å²) in [4.78, 5) is 18.2. The van der Waals surface area contributed by atoms with Crippen LogP contribution in [0.2, 0.25) is 0 Å². The Morgan fingerprint density at radius 2 is 2.29 bits per heavy atom. The van der Waals surface area contributed by atoms with Gasteiger partial charge in [-0.15, -0.1) is 0 Å². The summed E-state index contributed by atoms with van der Waals surface area (Å²) in [7, 11) is 0. The van der Waals surface area contributed by atoms with E-state index in [1.165, 1.54) is 12.4 Å². The SMILES string of the molecule is C=C(C)COCCNc1cnc(C(=O)O)cn1. The van der Waals surface area contributed by atoms with Crippen molar-refractivity contribution in [3.05, 3.63) is 30.2 Å². The van der Waals surface area contributed by atoms with Crippen LogP contribution in [0.5, 0.6) is 0 Å². The number of carbonyl (C=O) groups is 1. The molecule has 17 heavy (non-hydrogen) atoms. The molecule has 1 aromatic rings. The van der Waals surface area contributed by atoms with Crippen LogP contribution < -0.4 is 5.32 Å². The first kappa shape index (κ1) is 13.1. The molecule has 2 N–H and O–H groups in total. The highest BCUT2D eigenvalue weighted by Crippen LogP contribution is 2.00. The molecule has 1 aromatic heterocycles. The van der Waals surface area contributed by atoms with E-state index >= 15 is 0 Å². The van der Waals surface area contributed by atoms with E-state index in [-0.39, 0.29) is 5.69 Å². The molecule has 0 atom stereocenters. The molecule has 0 spiro atoms. The zero-order valence-corrected chi connectivity index (χ0v) is 9.64. The highest BCUT2D eigenvalue weighted by Gasteiger charge is 2.03. The van der Waals surface area contributed by atoms with Crippen LogP contribution in [0, 0.1) is 0 Å². The van der Waals surface area contributed by atoms with Crippen LogP contribution in [0.4, 0.5) is 5.82 Å². The van der Waals surface area contributed by atoms with Crippen molar-refractivity contribution in [2.75, 3.05) is 25.1 Å². The van der Waals surface area contributed by atoms with Crippen molar-refractivity contribution in [1.29, 1.82) is 0 Å². The van der Waals surface area contributed by atoms with E-state index in [4.69, 9.17) is 9.84 Å². The van der Waals surface area contributed by atoms with Crippen molar-refractivity contribution in [3.8, 4) is 0 Å². The molecule has 0 saturated carbocycles. The first-order chi connectivity index (χ1) is 8.09. The molecule has 0 bridgehead atoms. The molecule has 6 nitrogen and oxygen atoms in total. The van der Waals surface area contributed by atoms with Gasteiger partial charge in [0, 0.05) is 6.54 Å². The van der Waals surface area contributed by atoms with Gasteiger partial charge < -0.3 is 15.2 Å². The molecule has 1 heterocycles. The second-order valence-corrected chi connectivity index (χ2v) is 3.53. The molecule has 0 aromatic carbocycles. The van der Waals surface area contributed by atoms with Gasteiger partial charge >= 0.3 is 5.97 Å². The topological polar surface area (TPSA) is 84.3 Å². The number of carboxylic acid groups (broad SMARTS) is 1. The second-order valence-electron chi connectivity index (χ2n) is 3.53. The van der Waals surface area contributed by atoms with Gasteiger partial charge in [-0.2, -0.15) is 0 Å². The number of hydrogen-bond donors (Lipinski definition) is 2. The smallest absolute Gasteiger partial charge is 0.356 e. The van der Waals surface area contributed by atoms with Crippen LogP contribution >= 0.6 is 0 Å². The van der Waals surface area contributed by atoms with Gasteiger partial charge in [-0.25, -0.2) is 14.8 Å². The van der Waals surface area contributed by atoms with Crippen LogP contribution in [0.15, 0.2) is 24.5 Å². The molecule has 0 unspecified atom stereocenters. The summed E-state index contributed by atoms with van der Waals surface area (Å²) in [6.45, 7) is 7.24. The first-order valence-corrected chi connectivity index (χ1v) is 5.11. The maximum atomic E-state index is 10.5. The van der Waals surface area contributed by atoms with Gasteiger partial charge in [0.1, 0.15) is 5.82 Å². The van der Waals surface area contributed by atoms with E-state index < -0.39 is 5.97 Å². The fourth-order valence-corrected chi connectivity index (χ4v) is 1.03. The predicted octanol–water partition coefficient (Wildman–Crippen LogP) is 1.18. The predicted molar refractivity (Wildman–Crippen MR) is 63.1 cm³/mol. The Morgan fingerprint density at radius 1 is 1.53 bits per heavy atom. The Labute approximate surface area is 99.4 Å². The molecule has 0 amide bonds. The standard InChI is InChI=1S/C11H15N3O3/c1-8(2)7-17-4-3-12-10-6-13-9(5-14-10)11(15)16/h5-6H,1,3-4,7H2,2H3,(H,12,14)(H,15,16). The lowest BCUT2D eigenvalue weighted by atomic mass is 10.4. The Balaban J connectivity index is 2.27. The van der Waals surface area contributed by atoms with Gasteiger partial charge in [0.05, 0.1) is 25.6 Å². The molecule has 0 aliphatic heterocycles. The Bertz CT molecular complexity index is 389. The zero-order chi connectivity index (χ0) is 12.7. The Morgan fingerprint density at radius 3 is 2.82 bits per heavy atom. The van der Waals surface area contributed by atoms with Gasteiger partial charge in [-0.1, -0.05) is 12.2 Å². The Kier molecular flexibility index (Phi) is 5.09. The summed E-state index contributed by atoms with van der Waals surface area (Å²) in [6.07, 6.45) is 2.58. The summed E-state index contributed by atoms with van der Waals surface area (Å²) < 4.78 is 5.27. The van der Waals surface area contributed by atoms with Gasteiger partial charge in [-0.05, 0) is 6.92 Å². The van der Waals surface area contributed by atoms with Crippen LogP contribution in [-0.4, -0.2) is 40.8 Å². The molecule has 0 saturated heterocycles. The van der Waals surface area contributed by atoms with Gasteiger partial charge in [0.15, 0.2) is 5.69 Å². The van der Waals surface area contributed by atoms with Crippen molar-refractivity contribution in [1.82, 2.24) is 9.97 Å². The summed E-state index contributed by atoms with van der Waals surface area (Å²) in [5.41, 5.74) is 0.893. The lowest BCUT2D eigenvalue weighted by molar-refractivity contribution is 0.0690. The van der Waals surface area contributed by atoms with Crippen LogP contribution in [0.25, 0.3) is 0 Å². The van der Waals surface area contributed by atoms with E-state index in [2.05, 4.69) is 21.9 Å². The number of nitrogens with zero attached hydrogens (tertiary/aromatic N) is 2. The van der Waals surface area contributed by atoms with E-state index in [1.807, 2.05) is 6.92 Å². The second kappa shape index (κ2) is 6.59. The number of hydrogen-bond acceptors (Lipinski definition) is 5. The van der Waals surface area contributed by atoms with Crippen LogP contribution in [0.1, 0.15) is 17.4 Å². The highest BCUT2D eigenvalue weighted by atomic mass is 16.5. The number of rotatable bonds is 7. The van der Waals surface area contributed by atoms with Crippen molar-refractivity contribution in [3.63, 3.8) is 0 Å². The van der Waals surface area contributed by atoms with E-state index in [1.54, 1.807) is 0 Å². The van der Waals surface area contributed by atoms with Crippen molar-refractivity contribution < 1.29 is 14.6 Å². The van der Waals surface area contributed by atoms with Crippen LogP contribution in [0.3, 0.4) is 0 Å². The third-order valence-electron chi connectivity index (χ3n) is 1.77. The molecular formula is C11H15N3O3. The quantitative estimate of drug-likeness (QED) is 0.547. The Hall–Kier alpha value is -1.95. The third kappa shape index (κ3) is 5.07. The minimum atomic E-state index is -1.09. The van der Waals surface area contributed by atoms with Gasteiger partial charge in [0.2, 0.25) is 0 Å². The molecule has 92 valence electrons. The summed E-state index contributed by atoms with van der Waals surface area (Å²) in [5, 5.41) is 11.6. The van der Waals surface area contributed by atoms with E-state index in [9.17, 15) is 4.79 Å². The molecular weight excluding hydrogens is 222 g/mol. The third-order valence-corrected chi connectivity index (χ3v) is 1.77. The first-order valence-electron chi connectivity index (χ1n) is 5.11. The molecule has 0 aliphatic carbocycles. The average molecular weight is 237 g/mol. The van der Waals surface area contributed by atoms with E-state index in [0.29, 0.717) is 25.6 Å². The minimum absolute atomic E-state index is 0.0749. The lowest BCUT2D eigenvalue weighted by Crippen LogP contribution is -2.12. The van der Waals surface area contributed by atoms with Crippen molar-refractivity contribution in [2.24, 2.45) is 0 Å². The lowest BCUT2D eigenvalue weighted by Gasteiger charge is -2.06. The van der Waals surface area contributed by atoms with Crippen molar-refractivity contribution in [2.45, 2.75) is 6.92 Å². The molecule has 1 rings (SSSR count). The summed E-state index contributed by atoms with van der Waals surface area (Å²) >= 11 is 0. The molecule has 0 fully saturated rings. The normalized spacial score (nSPS) is 9.94.